The van der Waals surface area contributed by atoms with Crippen molar-refractivity contribution < 1.29 is 13.9 Å². The van der Waals surface area contributed by atoms with Crippen molar-refractivity contribution in [3.05, 3.63) is 59.7 Å². The van der Waals surface area contributed by atoms with E-state index in [9.17, 15) is 13.9 Å². The minimum atomic E-state index is -1.36. The molecule has 1 saturated carbocycles. The second-order valence-electron chi connectivity index (χ2n) is 5.39. The summed E-state index contributed by atoms with van der Waals surface area (Å²) in [5.74, 6) is -1.30. The van der Waals surface area contributed by atoms with Crippen LogP contribution >= 0.6 is 0 Å². The standard InChI is InChI=1S/C17H16F2O/c18-14-9-8-13(12-6-2-1-3-7-12)16(19)15(14)17(20)10-4-5-11-17/h1-3,6-9,20H,4-5,10-11H2. The van der Waals surface area contributed by atoms with Gasteiger partial charge in [0, 0.05) is 5.56 Å². The summed E-state index contributed by atoms with van der Waals surface area (Å²) < 4.78 is 28.8. The van der Waals surface area contributed by atoms with Crippen LogP contribution in [-0.2, 0) is 5.60 Å². The van der Waals surface area contributed by atoms with Crippen molar-refractivity contribution in [3.8, 4) is 11.1 Å². The SMILES string of the molecule is OC1(c2c(F)ccc(-c3ccccc3)c2F)CCCC1. The molecule has 1 aliphatic carbocycles. The van der Waals surface area contributed by atoms with Crippen molar-refractivity contribution in [3.63, 3.8) is 0 Å². The molecule has 0 saturated heterocycles. The lowest BCUT2D eigenvalue weighted by Gasteiger charge is -2.24. The van der Waals surface area contributed by atoms with E-state index in [1.165, 1.54) is 12.1 Å². The second-order valence-corrected chi connectivity index (χ2v) is 5.39. The molecule has 2 aromatic carbocycles. The lowest BCUT2D eigenvalue weighted by atomic mass is 9.88. The molecule has 0 aliphatic heterocycles. The van der Waals surface area contributed by atoms with Crippen LogP contribution in [0, 0.1) is 11.6 Å². The van der Waals surface area contributed by atoms with Gasteiger partial charge < -0.3 is 5.11 Å². The average Bonchev–Trinajstić information content (AvgIpc) is 2.87. The topological polar surface area (TPSA) is 20.2 Å². The first-order chi connectivity index (χ1) is 9.62. The van der Waals surface area contributed by atoms with E-state index in [1.807, 2.05) is 18.2 Å². The lowest BCUT2D eigenvalue weighted by Crippen LogP contribution is -2.24. The number of hydrogen-bond donors (Lipinski definition) is 1. The molecule has 0 spiro atoms. The minimum Gasteiger partial charge on any atom is -0.385 e. The Morgan fingerprint density at radius 1 is 0.900 bits per heavy atom. The van der Waals surface area contributed by atoms with Crippen molar-refractivity contribution in [2.75, 3.05) is 0 Å². The zero-order chi connectivity index (χ0) is 14.2. The van der Waals surface area contributed by atoms with Gasteiger partial charge in [-0.15, -0.1) is 0 Å². The molecule has 104 valence electrons. The van der Waals surface area contributed by atoms with Gasteiger partial charge >= 0.3 is 0 Å². The van der Waals surface area contributed by atoms with Gasteiger partial charge in [-0.05, 0) is 30.5 Å². The Labute approximate surface area is 116 Å². The Morgan fingerprint density at radius 2 is 1.55 bits per heavy atom. The van der Waals surface area contributed by atoms with Crippen LogP contribution in [0.1, 0.15) is 31.2 Å². The first-order valence-corrected chi connectivity index (χ1v) is 6.88. The Bertz CT molecular complexity index is 616. The van der Waals surface area contributed by atoms with Crippen LogP contribution in [0.5, 0.6) is 0 Å². The Kier molecular flexibility index (Phi) is 3.30. The van der Waals surface area contributed by atoms with Crippen molar-refractivity contribution in [2.24, 2.45) is 0 Å². The molecule has 1 aliphatic rings. The van der Waals surface area contributed by atoms with Gasteiger partial charge in [0.05, 0.1) is 11.2 Å². The first-order valence-electron chi connectivity index (χ1n) is 6.88. The number of halogens is 2. The number of hydrogen-bond acceptors (Lipinski definition) is 1. The van der Waals surface area contributed by atoms with Gasteiger partial charge in [0.1, 0.15) is 11.6 Å². The van der Waals surface area contributed by atoms with Gasteiger partial charge in [-0.2, -0.15) is 0 Å². The molecule has 0 aromatic heterocycles. The summed E-state index contributed by atoms with van der Waals surface area (Å²) in [4.78, 5) is 0. The molecule has 1 fully saturated rings. The highest BCUT2D eigenvalue weighted by Crippen LogP contribution is 2.42. The second kappa shape index (κ2) is 4.98. The molecule has 0 atom stereocenters. The van der Waals surface area contributed by atoms with Crippen LogP contribution in [0.2, 0.25) is 0 Å². The van der Waals surface area contributed by atoms with E-state index in [0.717, 1.165) is 12.8 Å². The molecule has 3 rings (SSSR count). The number of rotatable bonds is 2. The Hall–Kier alpha value is -1.74. The quantitative estimate of drug-likeness (QED) is 0.861. The van der Waals surface area contributed by atoms with E-state index in [1.54, 1.807) is 12.1 Å². The predicted octanol–water partition coefficient (Wildman–Crippen LogP) is 4.39. The summed E-state index contributed by atoms with van der Waals surface area (Å²) in [6, 6.07) is 11.7. The first kappa shape index (κ1) is 13.3. The van der Waals surface area contributed by atoms with Gasteiger partial charge in [0.2, 0.25) is 0 Å². The van der Waals surface area contributed by atoms with Crippen molar-refractivity contribution in [2.45, 2.75) is 31.3 Å². The number of benzene rings is 2. The Morgan fingerprint density at radius 3 is 2.20 bits per heavy atom. The predicted molar refractivity (Wildman–Crippen MR) is 74.2 cm³/mol. The average molecular weight is 274 g/mol. The molecule has 0 bridgehead atoms. The lowest BCUT2D eigenvalue weighted by molar-refractivity contribution is 0.0369. The summed E-state index contributed by atoms with van der Waals surface area (Å²) in [7, 11) is 0. The van der Waals surface area contributed by atoms with Gasteiger partial charge in [-0.25, -0.2) is 8.78 Å². The van der Waals surface area contributed by atoms with Crippen LogP contribution in [0.25, 0.3) is 11.1 Å². The van der Waals surface area contributed by atoms with Crippen LogP contribution in [-0.4, -0.2) is 5.11 Å². The van der Waals surface area contributed by atoms with E-state index in [-0.39, 0.29) is 5.56 Å². The van der Waals surface area contributed by atoms with Gasteiger partial charge in [-0.1, -0.05) is 43.2 Å². The molecular weight excluding hydrogens is 258 g/mol. The number of aliphatic hydroxyl groups is 1. The molecule has 1 N–H and O–H groups in total. The fourth-order valence-electron chi connectivity index (χ4n) is 3.03. The smallest absolute Gasteiger partial charge is 0.140 e. The monoisotopic (exact) mass is 274 g/mol. The van der Waals surface area contributed by atoms with E-state index in [4.69, 9.17) is 0 Å². The molecule has 0 amide bonds. The fraction of sp³-hybridized carbons (Fsp3) is 0.294. The molecule has 2 aromatic rings. The van der Waals surface area contributed by atoms with Crippen molar-refractivity contribution in [1.82, 2.24) is 0 Å². The van der Waals surface area contributed by atoms with E-state index < -0.39 is 17.2 Å². The van der Waals surface area contributed by atoms with Crippen molar-refractivity contribution in [1.29, 1.82) is 0 Å². The highest BCUT2D eigenvalue weighted by Gasteiger charge is 2.38. The molecule has 1 nitrogen and oxygen atoms in total. The van der Waals surface area contributed by atoms with Crippen LogP contribution < -0.4 is 0 Å². The highest BCUT2D eigenvalue weighted by molar-refractivity contribution is 5.65. The summed E-state index contributed by atoms with van der Waals surface area (Å²) >= 11 is 0. The van der Waals surface area contributed by atoms with Crippen LogP contribution in [0.15, 0.2) is 42.5 Å². The van der Waals surface area contributed by atoms with E-state index in [2.05, 4.69) is 0 Å². The molecule has 3 heteroatoms. The molecule has 0 unspecified atom stereocenters. The summed E-state index contributed by atoms with van der Waals surface area (Å²) in [5.41, 5.74) is -0.509. The third-order valence-electron chi connectivity index (χ3n) is 4.07. The maximum atomic E-state index is 14.7. The maximum absolute atomic E-state index is 14.7. The zero-order valence-corrected chi connectivity index (χ0v) is 11.1. The molecule has 20 heavy (non-hydrogen) atoms. The molecular formula is C17H16F2O. The summed E-state index contributed by atoms with van der Waals surface area (Å²) in [6.07, 6.45) is 2.42. The molecule has 0 radical (unpaired) electrons. The van der Waals surface area contributed by atoms with Crippen LogP contribution in [0.3, 0.4) is 0 Å². The molecule has 0 heterocycles. The third-order valence-corrected chi connectivity index (χ3v) is 4.07. The fourth-order valence-corrected chi connectivity index (χ4v) is 3.03. The van der Waals surface area contributed by atoms with E-state index >= 15 is 0 Å². The normalized spacial score (nSPS) is 17.4. The summed E-state index contributed by atoms with van der Waals surface area (Å²) in [6.45, 7) is 0. The highest BCUT2D eigenvalue weighted by atomic mass is 19.1. The van der Waals surface area contributed by atoms with Gasteiger partial charge in [0.15, 0.2) is 0 Å². The maximum Gasteiger partial charge on any atom is 0.140 e. The van der Waals surface area contributed by atoms with Crippen molar-refractivity contribution >= 4 is 0 Å². The van der Waals surface area contributed by atoms with Gasteiger partial charge in [-0.3, -0.25) is 0 Å². The van der Waals surface area contributed by atoms with E-state index in [0.29, 0.717) is 24.0 Å². The largest absolute Gasteiger partial charge is 0.385 e. The zero-order valence-electron chi connectivity index (χ0n) is 11.1. The van der Waals surface area contributed by atoms with Gasteiger partial charge in [0.25, 0.3) is 0 Å². The van der Waals surface area contributed by atoms with Crippen LogP contribution in [0.4, 0.5) is 8.78 Å². The Balaban J connectivity index is 2.16. The third kappa shape index (κ3) is 2.12. The summed E-state index contributed by atoms with van der Waals surface area (Å²) in [5, 5.41) is 10.5. The minimum absolute atomic E-state index is 0.170.